The Balaban J connectivity index is 1.26. The molecule has 0 heterocycles. The first-order valence-electron chi connectivity index (χ1n) is 12.0. The van der Waals surface area contributed by atoms with Crippen molar-refractivity contribution >= 4 is 0 Å². The maximum absolute atomic E-state index is 13.9. The Morgan fingerprint density at radius 1 is 0.733 bits per heavy atom. The summed E-state index contributed by atoms with van der Waals surface area (Å²) in [5, 5.41) is 0. The maximum atomic E-state index is 13.9. The first-order chi connectivity index (χ1) is 14.5. The van der Waals surface area contributed by atoms with Crippen LogP contribution in [0.3, 0.4) is 0 Å². The Kier molecular flexibility index (Phi) is 6.91. The standard InChI is InChI=1S/C28H36F2/c1-19-3-11-23(12-4-19)24-13-7-21(8-14-24)5-6-22-9-15-25(16-10-22)26-17-27(29)20(2)28(30)18-26/h9-10,15-19,21,23-24H,3-8,11-14H2,1-2H3. The van der Waals surface area contributed by atoms with Gasteiger partial charge in [-0.25, -0.2) is 8.78 Å². The molecule has 0 aliphatic heterocycles. The molecule has 0 nitrogen and oxygen atoms in total. The van der Waals surface area contributed by atoms with E-state index in [2.05, 4.69) is 19.1 Å². The monoisotopic (exact) mass is 410 g/mol. The molecule has 30 heavy (non-hydrogen) atoms. The van der Waals surface area contributed by atoms with Gasteiger partial charge in [-0.05, 0) is 97.9 Å². The Labute approximate surface area is 181 Å². The van der Waals surface area contributed by atoms with Gasteiger partial charge in [-0.1, -0.05) is 56.9 Å². The molecule has 0 spiro atoms. The van der Waals surface area contributed by atoms with E-state index in [-0.39, 0.29) is 5.56 Å². The molecule has 0 aromatic heterocycles. The van der Waals surface area contributed by atoms with Gasteiger partial charge in [0.25, 0.3) is 0 Å². The summed E-state index contributed by atoms with van der Waals surface area (Å²) in [5.74, 6) is 2.85. The van der Waals surface area contributed by atoms with Crippen molar-refractivity contribution in [1.29, 1.82) is 0 Å². The van der Waals surface area contributed by atoms with Gasteiger partial charge in [-0.15, -0.1) is 0 Å². The van der Waals surface area contributed by atoms with Crippen LogP contribution in [0.2, 0.25) is 0 Å². The van der Waals surface area contributed by atoms with Gasteiger partial charge >= 0.3 is 0 Å². The maximum Gasteiger partial charge on any atom is 0.129 e. The van der Waals surface area contributed by atoms with Gasteiger partial charge in [-0.2, -0.15) is 0 Å². The fourth-order valence-corrected chi connectivity index (χ4v) is 5.75. The molecule has 2 aliphatic carbocycles. The second-order valence-electron chi connectivity index (χ2n) is 10.1. The van der Waals surface area contributed by atoms with Crippen molar-refractivity contribution in [3.05, 3.63) is 59.2 Å². The summed E-state index contributed by atoms with van der Waals surface area (Å²) in [6.45, 7) is 3.89. The topological polar surface area (TPSA) is 0 Å². The molecule has 2 heteroatoms. The normalized spacial score (nSPS) is 27.2. The fraction of sp³-hybridized carbons (Fsp3) is 0.571. The molecule has 0 unspecified atom stereocenters. The minimum atomic E-state index is -0.479. The van der Waals surface area contributed by atoms with Gasteiger partial charge in [0.05, 0.1) is 0 Å². The molecule has 4 rings (SSSR count). The lowest BCUT2D eigenvalue weighted by Crippen LogP contribution is -2.25. The number of hydrogen-bond acceptors (Lipinski definition) is 0. The lowest BCUT2D eigenvalue weighted by atomic mass is 9.69. The number of rotatable bonds is 5. The van der Waals surface area contributed by atoms with Crippen molar-refractivity contribution < 1.29 is 8.78 Å². The molecular weight excluding hydrogens is 374 g/mol. The van der Waals surface area contributed by atoms with Crippen LogP contribution in [0.15, 0.2) is 36.4 Å². The van der Waals surface area contributed by atoms with Crippen molar-refractivity contribution in [3.63, 3.8) is 0 Å². The van der Waals surface area contributed by atoms with Crippen LogP contribution in [0.1, 0.15) is 75.8 Å². The summed E-state index contributed by atoms with van der Waals surface area (Å²) < 4.78 is 27.7. The SMILES string of the molecule is Cc1c(F)cc(-c2ccc(CCC3CCC(C4CCC(C)CC4)CC3)cc2)cc1F. The van der Waals surface area contributed by atoms with Gasteiger partial charge in [0.2, 0.25) is 0 Å². The summed E-state index contributed by atoms with van der Waals surface area (Å²) in [6.07, 6.45) is 13.9. The molecule has 0 bridgehead atoms. The van der Waals surface area contributed by atoms with Crippen LogP contribution in [-0.2, 0) is 6.42 Å². The molecule has 2 fully saturated rings. The minimum absolute atomic E-state index is 0.0862. The third kappa shape index (κ3) is 5.13. The van der Waals surface area contributed by atoms with Crippen LogP contribution >= 0.6 is 0 Å². The van der Waals surface area contributed by atoms with Crippen LogP contribution in [-0.4, -0.2) is 0 Å². The lowest BCUT2D eigenvalue weighted by molar-refractivity contribution is 0.148. The van der Waals surface area contributed by atoms with E-state index in [0.29, 0.717) is 5.56 Å². The molecule has 0 saturated heterocycles. The zero-order valence-corrected chi connectivity index (χ0v) is 18.6. The van der Waals surface area contributed by atoms with Gasteiger partial charge in [-0.3, -0.25) is 0 Å². The van der Waals surface area contributed by atoms with E-state index in [0.717, 1.165) is 35.7 Å². The van der Waals surface area contributed by atoms with E-state index in [9.17, 15) is 8.78 Å². The Morgan fingerprint density at radius 2 is 1.27 bits per heavy atom. The molecule has 0 N–H and O–H groups in total. The molecule has 0 amide bonds. The zero-order chi connectivity index (χ0) is 21.1. The zero-order valence-electron chi connectivity index (χ0n) is 18.6. The predicted octanol–water partition coefficient (Wildman–Crippen LogP) is 8.51. The summed E-state index contributed by atoms with van der Waals surface area (Å²) in [7, 11) is 0. The quantitative estimate of drug-likeness (QED) is 0.463. The summed E-state index contributed by atoms with van der Waals surface area (Å²) in [6, 6.07) is 11.1. The molecule has 0 radical (unpaired) electrons. The van der Waals surface area contributed by atoms with E-state index < -0.39 is 11.6 Å². The smallest absolute Gasteiger partial charge is 0.129 e. The van der Waals surface area contributed by atoms with E-state index in [1.807, 2.05) is 12.1 Å². The second-order valence-corrected chi connectivity index (χ2v) is 10.1. The van der Waals surface area contributed by atoms with Crippen LogP contribution in [0, 0.1) is 42.2 Å². The first-order valence-corrected chi connectivity index (χ1v) is 12.0. The van der Waals surface area contributed by atoms with Gasteiger partial charge < -0.3 is 0 Å². The summed E-state index contributed by atoms with van der Waals surface area (Å²) in [4.78, 5) is 0. The van der Waals surface area contributed by atoms with Crippen LogP contribution in [0.25, 0.3) is 11.1 Å². The number of hydrogen-bond donors (Lipinski definition) is 0. The highest BCUT2D eigenvalue weighted by Gasteiger charge is 2.29. The molecule has 2 aromatic carbocycles. The highest BCUT2D eigenvalue weighted by Crippen LogP contribution is 2.42. The number of benzene rings is 2. The molecular formula is C28H36F2. The average molecular weight is 411 g/mol. The van der Waals surface area contributed by atoms with Gasteiger partial charge in [0.1, 0.15) is 11.6 Å². The third-order valence-electron chi connectivity index (χ3n) is 8.03. The van der Waals surface area contributed by atoms with Gasteiger partial charge in [0.15, 0.2) is 0 Å². The number of aryl methyl sites for hydroxylation is 1. The minimum Gasteiger partial charge on any atom is -0.207 e. The van der Waals surface area contributed by atoms with E-state index in [4.69, 9.17) is 0 Å². The van der Waals surface area contributed by atoms with Crippen LogP contribution < -0.4 is 0 Å². The van der Waals surface area contributed by atoms with Crippen LogP contribution in [0.4, 0.5) is 8.78 Å². The molecule has 162 valence electrons. The summed E-state index contributed by atoms with van der Waals surface area (Å²) >= 11 is 0. The van der Waals surface area contributed by atoms with Gasteiger partial charge in [0, 0.05) is 5.56 Å². The molecule has 2 aromatic rings. The van der Waals surface area contributed by atoms with Crippen molar-refractivity contribution in [2.45, 2.75) is 78.1 Å². The fourth-order valence-electron chi connectivity index (χ4n) is 5.75. The van der Waals surface area contributed by atoms with E-state index >= 15 is 0 Å². The van der Waals surface area contributed by atoms with Crippen molar-refractivity contribution in [2.75, 3.05) is 0 Å². The summed E-state index contributed by atoms with van der Waals surface area (Å²) in [5.41, 5.74) is 2.90. The molecule has 2 saturated carbocycles. The Hall–Kier alpha value is -1.70. The van der Waals surface area contributed by atoms with E-state index in [1.165, 1.54) is 82.4 Å². The highest BCUT2D eigenvalue weighted by atomic mass is 19.1. The van der Waals surface area contributed by atoms with Crippen molar-refractivity contribution in [2.24, 2.45) is 23.7 Å². The highest BCUT2D eigenvalue weighted by molar-refractivity contribution is 5.64. The Bertz CT molecular complexity index is 799. The van der Waals surface area contributed by atoms with Crippen molar-refractivity contribution in [1.82, 2.24) is 0 Å². The third-order valence-corrected chi connectivity index (χ3v) is 8.03. The first kappa shape index (κ1) is 21.5. The Morgan fingerprint density at radius 3 is 1.83 bits per heavy atom. The van der Waals surface area contributed by atoms with Crippen molar-refractivity contribution in [3.8, 4) is 11.1 Å². The lowest BCUT2D eigenvalue weighted by Gasteiger charge is -2.37. The number of halogens is 2. The average Bonchev–Trinajstić information content (AvgIpc) is 2.77. The predicted molar refractivity (Wildman–Crippen MR) is 121 cm³/mol. The van der Waals surface area contributed by atoms with E-state index in [1.54, 1.807) is 0 Å². The second kappa shape index (κ2) is 9.62. The molecule has 0 atom stereocenters. The van der Waals surface area contributed by atoms with Crippen LogP contribution in [0.5, 0.6) is 0 Å². The molecule has 2 aliphatic rings. The largest absolute Gasteiger partial charge is 0.207 e.